The maximum atomic E-state index is 12.7. The maximum Gasteiger partial charge on any atom is 0.225 e. The van der Waals surface area contributed by atoms with Crippen LogP contribution in [0.1, 0.15) is 51.9 Å². The first-order chi connectivity index (χ1) is 11.1. The van der Waals surface area contributed by atoms with E-state index in [9.17, 15) is 9.59 Å². The molecule has 3 heterocycles. The Bertz CT molecular complexity index is 432. The fraction of sp³-hybridized carbons (Fsp3) is 0.889. The van der Waals surface area contributed by atoms with Crippen molar-refractivity contribution in [3.8, 4) is 0 Å². The smallest absolute Gasteiger partial charge is 0.225 e. The minimum Gasteiger partial charge on any atom is -0.343 e. The second-order valence-corrected chi connectivity index (χ2v) is 7.68. The molecule has 0 aromatic carbocycles. The Morgan fingerprint density at radius 3 is 2.38 bits per heavy atom. The number of amides is 2. The number of nitrogens with one attached hydrogen (secondary N) is 1. The van der Waals surface area contributed by atoms with E-state index in [2.05, 4.69) is 17.1 Å². The maximum absolute atomic E-state index is 12.7. The van der Waals surface area contributed by atoms with Crippen LogP contribution in [-0.2, 0) is 9.59 Å². The third kappa shape index (κ3) is 4.85. The molecule has 0 radical (unpaired) electrons. The molecule has 5 nitrogen and oxygen atoms in total. The van der Waals surface area contributed by atoms with E-state index >= 15 is 0 Å². The Labute approximate surface area is 151 Å². The molecule has 0 aromatic heterocycles. The number of nitrogens with zero attached hydrogens (tertiary/aromatic N) is 2. The predicted molar refractivity (Wildman–Crippen MR) is 97.2 cm³/mol. The van der Waals surface area contributed by atoms with E-state index in [1.807, 2.05) is 4.90 Å². The molecule has 3 saturated heterocycles. The van der Waals surface area contributed by atoms with Crippen LogP contribution >= 0.6 is 12.4 Å². The van der Waals surface area contributed by atoms with Crippen molar-refractivity contribution in [1.29, 1.82) is 0 Å². The van der Waals surface area contributed by atoms with Crippen LogP contribution in [-0.4, -0.2) is 60.4 Å². The Morgan fingerprint density at radius 1 is 1.00 bits per heavy atom. The SMILES string of the molecule is CC1CCCN(C(=O)C2CCN(C(=O)CC3CCCN3)CC2)C1.Cl. The molecule has 3 rings (SSSR count). The van der Waals surface area contributed by atoms with Gasteiger partial charge in [0.1, 0.15) is 0 Å². The van der Waals surface area contributed by atoms with Crippen molar-refractivity contribution < 1.29 is 9.59 Å². The van der Waals surface area contributed by atoms with Gasteiger partial charge in [-0.1, -0.05) is 6.92 Å². The summed E-state index contributed by atoms with van der Waals surface area (Å²) in [6.07, 6.45) is 6.99. The molecule has 0 bridgehead atoms. The zero-order chi connectivity index (χ0) is 16.2. The molecule has 3 fully saturated rings. The molecule has 3 aliphatic rings. The quantitative estimate of drug-likeness (QED) is 0.841. The lowest BCUT2D eigenvalue weighted by Crippen LogP contribution is -2.47. The van der Waals surface area contributed by atoms with Crippen LogP contribution < -0.4 is 5.32 Å². The van der Waals surface area contributed by atoms with Gasteiger partial charge in [-0.3, -0.25) is 9.59 Å². The van der Waals surface area contributed by atoms with Crippen molar-refractivity contribution in [3.63, 3.8) is 0 Å². The highest BCUT2D eigenvalue weighted by molar-refractivity contribution is 5.85. The standard InChI is InChI=1S/C18H31N3O2.ClH/c1-14-4-3-9-21(13-14)18(23)15-6-10-20(11-7-15)17(22)12-16-5-2-8-19-16;/h14-16,19H,2-13H2,1H3;1H. The van der Waals surface area contributed by atoms with Gasteiger partial charge in [-0.2, -0.15) is 0 Å². The van der Waals surface area contributed by atoms with Crippen LogP contribution in [0.15, 0.2) is 0 Å². The lowest BCUT2D eigenvalue weighted by molar-refractivity contribution is -0.142. The van der Waals surface area contributed by atoms with Crippen LogP contribution in [0.2, 0.25) is 0 Å². The summed E-state index contributed by atoms with van der Waals surface area (Å²) in [5.41, 5.74) is 0. The van der Waals surface area contributed by atoms with Gasteiger partial charge in [-0.15, -0.1) is 12.4 Å². The van der Waals surface area contributed by atoms with Crippen LogP contribution in [0.3, 0.4) is 0 Å². The Balaban J connectivity index is 0.00000208. The molecule has 0 saturated carbocycles. The van der Waals surface area contributed by atoms with Gasteiger partial charge in [0.15, 0.2) is 0 Å². The number of hydrogen-bond donors (Lipinski definition) is 1. The van der Waals surface area contributed by atoms with Gasteiger partial charge in [0, 0.05) is 44.6 Å². The zero-order valence-corrected chi connectivity index (χ0v) is 15.7. The van der Waals surface area contributed by atoms with E-state index in [0.29, 0.717) is 24.3 Å². The molecular weight excluding hydrogens is 326 g/mol. The monoisotopic (exact) mass is 357 g/mol. The van der Waals surface area contributed by atoms with E-state index < -0.39 is 0 Å². The van der Waals surface area contributed by atoms with Crippen LogP contribution in [0.25, 0.3) is 0 Å². The molecule has 2 amide bonds. The molecule has 2 atom stereocenters. The molecule has 0 aliphatic carbocycles. The summed E-state index contributed by atoms with van der Waals surface area (Å²) in [5, 5.41) is 3.39. The van der Waals surface area contributed by atoms with E-state index in [0.717, 1.165) is 58.4 Å². The molecule has 138 valence electrons. The van der Waals surface area contributed by atoms with Gasteiger partial charge in [0.2, 0.25) is 11.8 Å². The second-order valence-electron chi connectivity index (χ2n) is 7.68. The van der Waals surface area contributed by atoms with E-state index in [1.165, 1.54) is 12.8 Å². The third-order valence-corrected chi connectivity index (χ3v) is 5.75. The zero-order valence-electron chi connectivity index (χ0n) is 14.8. The highest BCUT2D eigenvalue weighted by atomic mass is 35.5. The summed E-state index contributed by atoms with van der Waals surface area (Å²) in [4.78, 5) is 29.1. The van der Waals surface area contributed by atoms with Crippen molar-refractivity contribution in [2.75, 3.05) is 32.7 Å². The Hall–Kier alpha value is -0.810. The highest BCUT2D eigenvalue weighted by Gasteiger charge is 2.32. The number of halogens is 1. The molecule has 6 heteroatoms. The molecule has 2 unspecified atom stereocenters. The van der Waals surface area contributed by atoms with Crippen LogP contribution in [0, 0.1) is 11.8 Å². The van der Waals surface area contributed by atoms with Gasteiger partial charge < -0.3 is 15.1 Å². The van der Waals surface area contributed by atoms with Gasteiger partial charge in [0.25, 0.3) is 0 Å². The summed E-state index contributed by atoms with van der Waals surface area (Å²) in [5.74, 6) is 1.37. The number of piperidine rings is 2. The minimum atomic E-state index is 0. The van der Waals surface area contributed by atoms with Crippen molar-refractivity contribution >= 4 is 24.2 Å². The number of hydrogen-bond acceptors (Lipinski definition) is 3. The molecular formula is C18H32ClN3O2. The molecule has 1 N–H and O–H groups in total. The summed E-state index contributed by atoms with van der Waals surface area (Å²) in [7, 11) is 0. The second kappa shape index (κ2) is 9.04. The van der Waals surface area contributed by atoms with Crippen molar-refractivity contribution in [3.05, 3.63) is 0 Å². The first-order valence-corrected chi connectivity index (χ1v) is 9.43. The van der Waals surface area contributed by atoms with Crippen LogP contribution in [0.5, 0.6) is 0 Å². The largest absolute Gasteiger partial charge is 0.343 e. The number of carbonyl (C=O) groups excluding carboxylic acids is 2. The van der Waals surface area contributed by atoms with Gasteiger partial charge in [-0.25, -0.2) is 0 Å². The van der Waals surface area contributed by atoms with E-state index in [1.54, 1.807) is 0 Å². The molecule has 0 spiro atoms. The summed E-state index contributed by atoms with van der Waals surface area (Å²) < 4.78 is 0. The Morgan fingerprint density at radius 2 is 1.75 bits per heavy atom. The van der Waals surface area contributed by atoms with Gasteiger partial charge in [0.05, 0.1) is 0 Å². The fourth-order valence-corrected chi connectivity index (χ4v) is 4.29. The van der Waals surface area contributed by atoms with Crippen LogP contribution in [0.4, 0.5) is 0 Å². The summed E-state index contributed by atoms with van der Waals surface area (Å²) in [6, 6.07) is 0.372. The first kappa shape index (κ1) is 19.5. The van der Waals surface area contributed by atoms with E-state index in [4.69, 9.17) is 0 Å². The summed E-state index contributed by atoms with van der Waals surface area (Å²) >= 11 is 0. The van der Waals surface area contributed by atoms with E-state index in [-0.39, 0.29) is 24.2 Å². The topological polar surface area (TPSA) is 52.7 Å². The average molecular weight is 358 g/mol. The van der Waals surface area contributed by atoms with Gasteiger partial charge in [-0.05, 0) is 51.0 Å². The first-order valence-electron chi connectivity index (χ1n) is 9.43. The summed E-state index contributed by atoms with van der Waals surface area (Å²) in [6.45, 7) is 6.64. The van der Waals surface area contributed by atoms with Crippen molar-refractivity contribution in [2.45, 2.75) is 57.9 Å². The third-order valence-electron chi connectivity index (χ3n) is 5.75. The van der Waals surface area contributed by atoms with Crippen molar-refractivity contribution in [1.82, 2.24) is 15.1 Å². The molecule has 0 aromatic rings. The fourth-order valence-electron chi connectivity index (χ4n) is 4.29. The van der Waals surface area contributed by atoms with Gasteiger partial charge >= 0.3 is 0 Å². The van der Waals surface area contributed by atoms with Crippen molar-refractivity contribution in [2.24, 2.45) is 11.8 Å². The lowest BCUT2D eigenvalue weighted by atomic mass is 9.92. The normalized spacial score (nSPS) is 28.5. The molecule has 24 heavy (non-hydrogen) atoms. The lowest BCUT2D eigenvalue weighted by Gasteiger charge is -2.37. The minimum absolute atomic E-state index is 0. The number of carbonyl (C=O) groups is 2. The number of rotatable bonds is 3. The molecule has 3 aliphatic heterocycles. The predicted octanol–water partition coefficient (Wildman–Crippen LogP) is 2.05. The average Bonchev–Trinajstić information content (AvgIpc) is 3.07. The number of likely N-dealkylation sites (tertiary alicyclic amines) is 2. The Kier molecular flexibility index (Phi) is 7.35. The highest BCUT2D eigenvalue weighted by Crippen LogP contribution is 2.24.